The van der Waals surface area contributed by atoms with E-state index in [1.165, 1.54) is 12.0 Å². The molecule has 1 aromatic rings. The average molecular weight is 561 g/mol. The fourth-order valence-corrected chi connectivity index (χ4v) is 8.19. The number of hydrogen-bond acceptors (Lipinski definition) is 8. The maximum absolute atomic E-state index is 12.9. The highest BCUT2D eigenvalue weighted by atomic mass is 35.5. The lowest BCUT2D eigenvalue weighted by molar-refractivity contribution is -0.223. The summed E-state index contributed by atoms with van der Waals surface area (Å²) in [6, 6.07) is 3.71. The van der Waals surface area contributed by atoms with Crippen molar-refractivity contribution in [2.24, 2.45) is 29.6 Å². The van der Waals surface area contributed by atoms with Crippen molar-refractivity contribution >= 4 is 29.2 Å². The van der Waals surface area contributed by atoms with Crippen LogP contribution in [-0.4, -0.2) is 58.3 Å². The third-order valence-corrected chi connectivity index (χ3v) is 9.90. The number of para-hydroxylation sites is 1. The fraction of sp³-hybridized carbons (Fsp3) is 0.586. The molecule has 5 rings (SSSR count). The highest BCUT2D eigenvalue weighted by Crippen LogP contribution is 2.61. The van der Waals surface area contributed by atoms with Crippen LogP contribution in [0.1, 0.15) is 46.1 Å². The monoisotopic (exact) mass is 560 g/mol. The van der Waals surface area contributed by atoms with Crippen LogP contribution in [0.2, 0.25) is 5.02 Å². The van der Waals surface area contributed by atoms with Crippen LogP contribution in [0, 0.1) is 29.6 Å². The van der Waals surface area contributed by atoms with Gasteiger partial charge < -0.3 is 20.1 Å². The summed E-state index contributed by atoms with van der Waals surface area (Å²) in [5.41, 5.74) is -1.08. The lowest BCUT2D eigenvalue weighted by Gasteiger charge is -2.59. The van der Waals surface area contributed by atoms with Gasteiger partial charge in [-0.05, 0) is 50.2 Å². The minimum absolute atomic E-state index is 0.0690. The van der Waals surface area contributed by atoms with Crippen molar-refractivity contribution in [1.82, 2.24) is 5.32 Å². The van der Waals surface area contributed by atoms with E-state index in [1.807, 2.05) is 26.8 Å². The molecule has 2 aliphatic heterocycles. The second kappa shape index (κ2) is 9.59. The first-order valence-electron chi connectivity index (χ1n) is 13.4. The SMILES string of the molecule is C=C(C)[C@@H]1CC[C@@H](C)[C@]2(O)C([C@H]3[C@@H](C(=O)O)N[C@@H]4ON(C)c5c(Cl)cccc5[C@@]43O)C(OC(C)=O)C(C)=C[C@@H]12. The molecule has 4 N–H and O–H groups in total. The lowest BCUT2D eigenvalue weighted by atomic mass is 9.49. The van der Waals surface area contributed by atoms with Crippen LogP contribution in [0.4, 0.5) is 5.69 Å². The van der Waals surface area contributed by atoms with Crippen molar-refractivity contribution in [2.75, 3.05) is 12.1 Å². The van der Waals surface area contributed by atoms with Crippen LogP contribution >= 0.6 is 11.6 Å². The summed E-state index contributed by atoms with van der Waals surface area (Å²) in [6.45, 7) is 11.2. The number of nitrogens with one attached hydrogen (secondary N) is 1. The molecule has 212 valence electrons. The molecular formula is C29H37ClN2O7. The number of hydrogen-bond donors (Lipinski definition) is 4. The van der Waals surface area contributed by atoms with Gasteiger partial charge in [0.05, 0.1) is 16.3 Å². The number of nitrogens with zero attached hydrogens (tertiary/aromatic N) is 1. The van der Waals surface area contributed by atoms with Gasteiger partial charge in [0.25, 0.3) is 0 Å². The molecule has 2 fully saturated rings. The molecule has 2 heterocycles. The highest BCUT2D eigenvalue weighted by Gasteiger charge is 2.71. The van der Waals surface area contributed by atoms with Gasteiger partial charge in [-0.1, -0.05) is 48.9 Å². The van der Waals surface area contributed by atoms with Gasteiger partial charge in [0.1, 0.15) is 17.7 Å². The Morgan fingerprint density at radius 1 is 1.23 bits per heavy atom. The third-order valence-electron chi connectivity index (χ3n) is 9.59. The Balaban J connectivity index is 1.80. The van der Waals surface area contributed by atoms with E-state index >= 15 is 0 Å². The van der Waals surface area contributed by atoms with Crippen molar-refractivity contribution in [3.8, 4) is 0 Å². The quantitative estimate of drug-likeness (QED) is 0.323. The summed E-state index contributed by atoms with van der Waals surface area (Å²) < 4.78 is 5.87. The van der Waals surface area contributed by atoms with E-state index in [4.69, 9.17) is 21.2 Å². The number of anilines is 1. The molecular weight excluding hydrogens is 524 g/mol. The minimum atomic E-state index is -1.94. The molecule has 9 nitrogen and oxygen atoms in total. The molecule has 2 aliphatic carbocycles. The number of aliphatic carboxylic acids is 1. The Morgan fingerprint density at radius 2 is 1.92 bits per heavy atom. The largest absolute Gasteiger partial charge is 0.480 e. The Bertz CT molecular complexity index is 1250. The Hall–Kier alpha value is -2.43. The van der Waals surface area contributed by atoms with Crippen molar-refractivity contribution in [3.63, 3.8) is 0 Å². The first-order valence-corrected chi connectivity index (χ1v) is 13.8. The molecule has 4 aliphatic rings. The maximum atomic E-state index is 12.9. The number of halogens is 1. The second-order valence-corrected chi connectivity index (χ2v) is 12.2. The van der Waals surface area contributed by atoms with E-state index in [-0.39, 0.29) is 11.8 Å². The number of aliphatic hydroxyl groups is 2. The number of carboxylic acids is 1. The molecule has 1 saturated carbocycles. The summed E-state index contributed by atoms with van der Waals surface area (Å²) in [5, 5.41) is 40.8. The van der Waals surface area contributed by atoms with Crippen molar-refractivity contribution in [3.05, 3.63) is 52.6 Å². The van der Waals surface area contributed by atoms with Gasteiger partial charge in [-0.25, -0.2) is 0 Å². The maximum Gasteiger partial charge on any atom is 0.321 e. The summed E-state index contributed by atoms with van der Waals surface area (Å²) in [6.07, 6.45) is 1.27. The zero-order chi connectivity index (χ0) is 28.6. The van der Waals surface area contributed by atoms with Gasteiger partial charge in [0.15, 0.2) is 6.23 Å². The van der Waals surface area contributed by atoms with Crippen molar-refractivity contribution in [1.29, 1.82) is 0 Å². The topological polar surface area (TPSA) is 129 Å². The molecule has 0 bridgehead atoms. The van der Waals surface area contributed by atoms with Crippen LogP contribution in [0.15, 0.2) is 42.0 Å². The number of benzene rings is 1. The van der Waals surface area contributed by atoms with E-state index in [2.05, 4.69) is 11.9 Å². The number of ether oxygens (including phenoxy) is 1. The standard InChI is InChI=1S/C29H37ClN2O7/c1-13(2)17-11-10-15(4)28(36)19(17)12-14(3)25(38-16(5)33)22(28)21-23(26(34)35)31-27-29(21,37)18-8-7-9-20(30)24(18)32(6)39-27/h7-9,12,15,17,19,21-23,25,27,31,36-37H,1,10-11H2,2-6H3,(H,34,35)/t15-,17+,19+,21+,22?,23+,25?,27-,28-,29+/m1/s1. The first-order chi connectivity index (χ1) is 18.2. The smallest absolute Gasteiger partial charge is 0.321 e. The fourth-order valence-electron chi connectivity index (χ4n) is 7.90. The molecule has 0 amide bonds. The lowest BCUT2D eigenvalue weighted by Crippen LogP contribution is -2.67. The van der Waals surface area contributed by atoms with Crippen LogP contribution in [0.3, 0.4) is 0 Å². The molecule has 2 unspecified atom stereocenters. The van der Waals surface area contributed by atoms with E-state index in [9.17, 15) is 24.9 Å². The number of carboxylic acid groups (broad SMARTS) is 1. The Labute approximate surface area is 233 Å². The molecule has 1 aromatic carbocycles. The van der Waals surface area contributed by atoms with E-state index in [1.54, 1.807) is 25.2 Å². The molecule has 10 heteroatoms. The van der Waals surface area contributed by atoms with E-state index in [0.717, 1.165) is 12.0 Å². The van der Waals surface area contributed by atoms with Gasteiger partial charge in [-0.2, -0.15) is 0 Å². The summed E-state index contributed by atoms with van der Waals surface area (Å²) in [5.74, 6) is -4.74. The summed E-state index contributed by atoms with van der Waals surface area (Å²) >= 11 is 6.55. The number of allylic oxidation sites excluding steroid dienone is 1. The van der Waals surface area contributed by atoms with E-state index in [0.29, 0.717) is 28.3 Å². The second-order valence-electron chi connectivity index (χ2n) is 11.8. The molecule has 39 heavy (non-hydrogen) atoms. The number of fused-ring (bicyclic) bond motifs is 4. The van der Waals surface area contributed by atoms with Gasteiger partial charge in [-0.3, -0.25) is 24.8 Å². The van der Waals surface area contributed by atoms with Crippen LogP contribution < -0.4 is 10.4 Å². The molecule has 10 atom stereocenters. The zero-order valence-corrected chi connectivity index (χ0v) is 23.6. The van der Waals surface area contributed by atoms with Gasteiger partial charge >= 0.3 is 11.9 Å². The predicted octanol–water partition coefficient (Wildman–Crippen LogP) is 3.39. The third kappa shape index (κ3) is 3.96. The zero-order valence-electron chi connectivity index (χ0n) is 22.8. The van der Waals surface area contributed by atoms with Crippen molar-refractivity contribution in [2.45, 2.75) is 70.1 Å². The summed E-state index contributed by atoms with van der Waals surface area (Å²) in [7, 11) is 1.63. The predicted molar refractivity (Wildman–Crippen MR) is 145 cm³/mol. The Kier molecular flexibility index (Phi) is 6.91. The minimum Gasteiger partial charge on any atom is -0.480 e. The molecule has 0 aromatic heterocycles. The number of carbonyl (C=O) groups excluding carboxylic acids is 1. The van der Waals surface area contributed by atoms with Crippen LogP contribution in [0.5, 0.6) is 0 Å². The number of esters is 1. The first kappa shape index (κ1) is 28.1. The number of hydroxylamine groups is 1. The highest BCUT2D eigenvalue weighted by molar-refractivity contribution is 6.33. The van der Waals surface area contributed by atoms with Crippen molar-refractivity contribution < 1.29 is 34.5 Å². The van der Waals surface area contributed by atoms with Gasteiger partial charge in [-0.15, -0.1) is 0 Å². The molecule has 0 radical (unpaired) electrons. The Morgan fingerprint density at radius 3 is 2.54 bits per heavy atom. The molecule has 1 saturated heterocycles. The summed E-state index contributed by atoms with van der Waals surface area (Å²) in [4.78, 5) is 31.3. The van der Waals surface area contributed by atoms with Crippen LogP contribution in [-0.2, 0) is 24.8 Å². The van der Waals surface area contributed by atoms with Crippen LogP contribution in [0.25, 0.3) is 0 Å². The average Bonchev–Trinajstić information content (AvgIpc) is 3.14. The number of rotatable bonds is 4. The molecule has 0 spiro atoms. The number of carbonyl (C=O) groups is 2. The van der Waals surface area contributed by atoms with Gasteiger partial charge in [0, 0.05) is 37.3 Å². The normalized spacial score (nSPS) is 41.1. The van der Waals surface area contributed by atoms with Gasteiger partial charge in [0.2, 0.25) is 0 Å². The van der Waals surface area contributed by atoms with E-state index < -0.39 is 59.3 Å².